The molecule has 20 heavy (non-hydrogen) atoms. The van der Waals surface area contributed by atoms with E-state index < -0.39 is 17.7 Å². The third-order valence-electron chi connectivity index (χ3n) is 2.70. The van der Waals surface area contributed by atoms with Gasteiger partial charge in [-0.1, -0.05) is 0 Å². The van der Waals surface area contributed by atoms with Crippen molar-refractivity contribution in [2.24, 2.45) is 7.05 Å². The molecule has 104 valence electrons. The van der Waals surface area contributed by atoms with E-state index in [0.29, 0.717) is 5.69 Å². The molecule has 0 fully saturated rings. The second-order valence-electron chi connectivity index (χ2n) is 4.25. The van der Waals surface area contributed by atoms with E-state index >= 15 is 0 Å². The lowest BCUT2D eigenvalue weighted by atomic mass is 10.2. The lowest BCUT2D eigenvalue weighted by Gasteiger charge is -2.07. The zero-order chi connectivity index (χ0) is 14.9. The molecule has 0 aliphatic rings. The number of hydrogen-bond donors (Lipinski definition) is 2. The molecule has 0 aliphatic carbocycles. The minimum absolute atomic E-state index is 0.0844. The van der Waals surface area contributed by atoms with Gasteiger partial charge in [-0.2, -0.15) is 5.10 Å². The number of carbonyl (C=O) groups is 2. The topological polar surface area (TPSA) is 84.2 Å². The Balaban J connectivity index is 2.24. The van der Waals surface area contributed by atoms with Gasteiger partial charge in [0.1, 0.15) is 11.5 Å². The van der Waals surface area contributed by atoms with Crippen LogP contribution in [0.5, 0.6) is 0 Å². The lowest BCUT2D eigenvalue weighted by molar-refractivity contribution is 0.0696. The predicted molar refractivity (Wildman–Crippen MR) is 69.3 cm³/mol. The summed E-state index contributed by atoms with van der Waals surface area (Å²) in [5, 5.41) is 15.1. The molecule has 0 atom stereocenters. The van der Waals surface area contributed by atoms with E-state index in [0.717, 1.165) is 6.07 Å². The third kappa shape index (κ3) is 2.66. The normalized spacial score (nSPS) is 10.3. The minimum Gasteiger partial charge on any atom is -0.478 e. The second-order valence-corrected chi connectivity index (χ2v) is 4.25. The molecule has 2 N–H and O–H groups in total. The van der Waals surface area contributed by atoms with E-state index in [2.05, 4.69) is 10.4 Å². The van der Waals surface area contributed by atoms with Gasteiger partial charge in [0.05, 0.1) is 16.9 Å². The van der Waals surface area contributed by atoms with Gasteiger partial charge in [0.2, 0.25) is 0 Å². The molecular formula is C13H12FN3O3. The average Bonchev–Trinajstić information content (AvgIpc) is 2.70. The number of nitrogens with one attached hydrogen (secondary N) is 1. The summed E-state index contributed by atoms with van der Waals surface area (Å²) in [5.74, 6) is -2.56. The van der Waals surface area contributed by atoms with E-state index in [1.165, 1.54) is 16.8 Å². The number of carboxylic acid groups (broad SMARTS) is 1. The molecule has 0 saturated heterocycles. The number of benzene rings is 1. The number of aromatic nitrogens is 2. The molecule has 1 amide bonds. The molecule has 1 aromatic carbocycles. The Bertz CT molecular complexity index is 694. The molecule has 1 heterocycles. The van der Waals surface area contributed by atoms with E-state index in [1.807, 2.05) is 0 Å². The van der Waals surface area contributed by atoms with Gasteiger partial charge in [-0.3, -0.25) is 9.48 Å². The van der Waals surface area contributed by atoms with Crippen LogP contribution in [0.25, 0.3) is 0 Å². The fraction of sp³-hybridized carbons (Fsp3) is 0.154. The van der Waals surface area contributed by atoms with Crippen LogP contribution in [0.3, 0.4) is 0 Å². The summed E-state index contributed by atoms with van der Waals surface area (Å²) < 4.78 is 15.1. The first-order valence-electron chi connectivity index (χ1n) is 5.73. The van der Waals surface area contributed by atoms with E-state index in [-0.39, 0.29) is 16.9 Å². The molecule has 0 unspecified atom stereocenters. The van der Waals surface area contributed by atoms with Crippen molar-refractivity contribution in [3.63, 3.8) is 0 Å². The maximum atomic E-state index is 13.7. The van der Waals surface area contributed by atoms with Crippen LogP contribution in [-0.2, 0) is 7.05 Å². The summed E-state index contributed by atoms with van der Waals surface area (Å²) in [7, 11) is 1.60. The number of hydrogen-bond acceptors (Lipinski definition) is 3. The summed E-state index contributed by atoms with van der Waals surface area (Å²) in [4.78, 5) is 22.7. The van der Waals surface area contributed by atoms with Crippen LogP contribution in [0, 0.1) is 12.7 Å². The Morgan fingerprint density at radius 1 is 1.35 bits per heavy atom. The van der Waals surface area contributed by atoms with Crippen LogP contribution < -0.4 is 5.32 Å². The Kier molecular flexibility index (Phi) is 3.51. The quantitative estimate of drug-likeness (QED) is 0.896. The monoisotopic (exact) mass is 277 g/mol. The Labute approximate surface area is 113 Å². The highest BCUT2D eigenvalue weighted by Gasteiger charge is 2.15. The van der Waals surface area contributed by atoms with Crippen molar-refractivity contribution in [2.45, 2.75) is 6.92 Å². The molecule has 6 nitrogen and oxygen atoms in total. The molecule has 0 saturated carbocycles. The van der Waals surface area contributed by atoms with Crippen molar-refractivity contribution >= 4 is 17.6 Å². The number of nitrogens with zero attached hydrogens (tertiary/aromatic N) is 2. The van der Waals surface area contributed by atoms with Gasteiger partial charge in [0, 0.05) is 7.05 Å². The van der Waals surface area contributed by atoms with Crippen LogP contribution in [0.1, 0.15) is 26.5 Å². The van der Waals surface area contributed by atoms with Gasteiger partial charge in [-0.05, 0) is 31.2 Å². The van der Waals surface area contributed by atoms with Crippen LogP contribution >= 0.6 is 0 Å². The zero-order valence-corrected chi connectivity index (χ0v) is 10.8. The highest BCUT2D eigenvalue weighted by atomic mass is 19.1. The van der Waals surface area contributed by atoms with Gasteiger partial charge in [0.15, 0.2) is 0 Å². The molecular weight excluding hydrogens is 265 g/mol. The summed E-state index contributed by atoms with van der Waals surface area (Å²) in [5.41, 5.74) is 0.680. The van der Waals surface area contributed by atoms with Crippen LogP contribution in [-0.4, -0.2) is 26.8 Å². The van der Waals surface area contributed by atoms with Gasteiger partial charge in [-0.25, -0.2) is 9.18 Å². The summed E-state index contributed by atoms with van der Waals surface area (Å²) in [6.07, 6.45) is 0. The van der Waals surface area contributed by atoms with Crippen molar-refractivity contribution < 1.29 is 19.1 Å². The van der Waals surface area contributed by atoms with Crippen LogP contribution in [0.15, 0.2) is 24.3 Å². The molecule has 0 radical (unpaired) electrons. The van der Waals surface area contributed by atoms with Crippen LogP contribution in [0.2, 0.25) is 0 Å². The Hall–Kier alpha value is -2.70. The molecule has 0 bridgehead atoms. The van der Waals surface area contributed by atoms with Gasteiger partial charge in [0.25, 0.3) is 5.91 Å². The second kappa shape index (κ2) is 5.12. The third-order valence-corrected chi connectivity index (χ3v) is 2.70. The number of amides is 1. The van der Waals surface area contributed by atoms with Gasteiger partial charge < -0.3 is 10.4 Å². The number of carbonyl (C=O) groups excluding carboxylic acids is 1. The lowest BCUT2D eigenvalue weighted by Crippen LogP contribution is -2.17. The fourth-order valence-corrected chi connectivity index (χ4v) is 1.76. The van der Waals surface area contributed by atoms with E-state index in [1.54, 1.807) is 20.0 Å². The fourth-order valence-electron chi connectivity index (χ4n) is 1.76. The Morgan fingerprint density at radius 2 is 2.05 bits per heavy atom. The van der Waals surface area contributed by atoms with Gasteiger partial charge in [-0.15, -0.1) is 0 Å². The number of aryl methyl sites for hydroxylation is 2. The minimum atomic E-state index is -1.23. The highest BCUT2D eigenvalue weighted by Crippen LogP contribution is 2.17. The summed E-state index contributed by atoms with van der Waals surface area (Å²) >= 11 is 0. The van der Waals surface area contributed by atoms with Crippen molar-refractivity contribution in [3.8, 4) is 0 Å². The van der Waals surface area contributed by atoms with Crippen LogP contribution in [0.4, 0.5) is 10.1 Å². The van der Waals surface area contributed by atoms with Crippen molar-refractivity contribution in [2.75, 3.05) is 5.32 Å². The largest absolute Gasteiger partial charge is 0.478 e. The molecule has 0 spiro atoms. The number of carboxylic acids is 1. The smallest absolute Gasteiger partial charge is 0.335 e. The number of halogens is 1. The standard InChI is InChI=1S/C13H12FN3O3/c1-7-5-11(17(2)16-7)12(18)15-10-4-3-8(13(19)20)6-9(10)14/h3-6H,1-2H3,(H,15,18)(H,19,20). The Morgan fingerprint density at radius 3 is 2.55 bits per heavy atom. The maximum absolute atomic E-state index is 13.7. The zero-order valence-electron chi connectivity index (χ0n) is 10.8. The average molecular weight is 277 g/mol. The number of rotatable bonds is 3. The highest BCUT2D eigenvalue weighted by molar-refractivity contribution is 6.03. The van der Waals surface area contributed by atoms with Crippen molar-refractivity contribution in [1.29, 1.82) is 0 Å². The maximum Gasteiger partial charge on any atom is 0.335 e. The molecule has 1 aromatic heterocycles. The van der Waals surface area contributed by atoms with Gasteiger partial charge >= 0.3 is 5.97 Å². The first-order valence-corrected chi connectivity index (χ1v) is 5.73. The molecule has 2 rings (SSSR count). The molecule has 7 heteroatoms. The number of aromatic carboxylic acids is 1. The first-order chi connectivity index (χ1) is 9.38. The van der Waals surface area contributed by atoms with Crippen molar-refractivity contribution in [3.05, 3.63) is 47.0 Å². The number of anilines is 1. The van der Waals surface area contributed by atoms with E-state index in [9.17, 15) is 14.0 Å². The molecule has 2 aromatic rings. The van der Waals surface area contributed by atoms with Crippen molar-refractivity contribution in [1.82, 2.24) is 9.78 Å². The first kappa shape index (κ1) is 13.7. The predicted octanol–water partition coefficient (Wildman–Crippen LogP) is 1.82. The summed E-state index contributed by atoms with van der Waals surface area (Å²) in [6.45, 7) is 1.74. The molecule has 0 aliphatic heterocycles. The SMILES string of the molecule is Cc1cc(C(=O)Nc2ccc(C(=O)O)cc2F)n(C)n1. The van der Waals surface area contributed by atoms with E-state index in [4.69, 9.17) is 5.11 Å². The summed E-state index contributed by atoms with van der Waals surface area (Å²) in [6, 6.07) is 4.85.